The fourth-order valence-corrected chi connectivity index (χ4v) is 2.16. The van der Waals surface area contributed by atoms with E-state index in [2.05, 4.69) is 6.58 Å². The molecular weight excluding hydrogens is 375 g/mol. The lowest BCUT2D eigenvalue weighted by Crippen LogP contribution is -2.11. The molecule has 0 aliphatic rings. The zero-order valence-electron chi connectivity index (χ0n) is 12.7. The molecule has 140 valence electrons. The van der Waals surface area contributed by atoms with Crippen molar-refractivity contribution >= 4 is 5.57 Å². The summed E-state index contributed by atoms with van der Waals surface area (Å²) in [6.45, 7) is 3.42. The van der Waals surface area contributed by atoms with Crippen LogP contribution in [0.25, 0.3) is 5.57 Å². The summed E-state index contributed by atoms with van der Waals surface area (Å²) < 4.78 is 115. The smallest absolute Gasteiger partial charge is 0.166 e. The topological polar surface area (TPSA) is 0 Å². The largest absolute Gasteiger partial charge is 0.416 e. The molecule has 2 aromatic rings. The Bertz CT molecular complexity index is 774. The van der Waals surface area contributed by atoms with Gasteiger partial charge in [-0.3, -0.25) is 0 Å². The van der Waals surface area contributed by atoms with Crippen molar-refractivity contribution < 1.29 is 39.5 Å². The first kappa shape index (κ1) is 19.9. The molecule has 26 heavy (non-hydrogen) atoms. The van der Waals surface area contributed by atoms with Gasteiger partial charge in [-0.2, -0.15) is 39.5 Å². The number of rotatable bonds is 2. The molecule has 0 atom stereocenters. The summed E-state index contributed by atoms with van der Waals surface area (Å²) in [5.41, 5.74) is -4.87. The second kappa shape index (κ2) is 6.37. The molecule has 0 saturated heterocycles. The van der Waals surface area contributed by atoms with Crippen LogP contribution in [0.3, 0.4) is 0 Å². The zero-order chi connectivity index (χ0) is 19.9. The van der Waals surface area contributed by atoms with Crippen LogP contribution in [0.5, 0.6) is 0 Å². The van der Waals surface area contributed by atoms with Crippen molar-refractivity contribution in [1.82, 2.24) is 0 Å². The Morgan fingerprint density at radius 3 is 1.27 bits per heavy atom. The molecule has 9 heteroatoms. The molecule has 2 aromatic carbocycles. The third-order valence-corrected chi connectivity index (χ3v) is 3.50. The van der Waals surface area contributed by atoms with Crippen molar-refractivity contribution in [2.24, 2.45) is 0 Å². The summed E-state index contributed by atoms with van der Waals surface area (Å²) in [6.07, 6.45) is -14.7. The predicted molar refractivity (Wildman–Crippen MR) is 76.0 cm³/mol. The highest BCUT2D eigenvalue weighted by Gasteiger charge is 2.37. The summed E-state index contributed by atoms with van der Waals surface area (Å²) >= 11 is 0. The van der Waals surface area contributed by atoms with E-state index in [0.717, 1.165) is 12.1 Å². The van der Waals surface area contributed by atoms with Crippen LogP contribution in [0.15, 0.2) is 49.0 Å². The van der Waals surface area contributed by atoms with Gasteiger partial charge in [-0.25, -0.2) is 0 Å². The lowest BCUT2D eigenvalue weighted by Gasteiger charge is -2.16. The first-order chi connectivity index (χ1) is 11.7. The van der Waals surface area contributed by atoms with E-state index in [4.69, 9.17) is 0 Å². The Kier molecular flexibility index (Phi) is 4.87. The average Bonchev–Trinajstić information content (AvgIpc) is 2.51. The molecule has 0 amide bonds. The minimum absolute atomic E-state index is 0.0366. The molecule has 0 N–H and O–H groups in total. The van der Waals surface area contributed by atoms with Crippen molar-refractivity contribution in [2.45, 2.75) is 18.5 Å². The summed E-state index contributed by atoms with van der Waals surface area (Å²) in [5.74, 6) is 0. The van der Waals surface area contributed by atoms with Gasteiger partial charge in [0.05, 0.1) is 16.7 Å². The van der Waals surface area contributed by atoms with Gasteiger partial charge in [0.25, 0.3) is 0 Å². The molecule has 0 unspecified atom stereocenters. The standard InChI is InChI=1S/C17H9F9/c1-9(10-2-4-12(5-3-10)15(18,19)20)11-6-13(16(21,22)23)8-14(7-11)17(24,25)26/h2-8H,1H2. The number of halogens is 9. The lowest BCUT2D eigenvalue weighted by molar-refractivity contribution is -0.143. The summed E-state index contributed by atoms with van der Waals surface area (Å²) in [7, 11) is 0. The van der Waals surface area contributed by atoms with Crippen LogP contribution in [0.2, 0.25) is 0 Å². The van der Waals surface area contributed by atoms with Gasteiger partial charge in [0.1, 0.15) is 0 Å². The third-order valence-electron chi connectivity index (χ3n) is 3.50. The molecule has 0 aromatic heterocycles. The molecule has 0 aliphatic heterocycles. The second-order valence-corrected chi connectivity index (χ2v) is 5.35. The number of benzene rings is 2. The Balaban J connectivity index is 2.51. The minimum atomic E-state index is -5.03. The molecule has 0 fully saturated rings. The van der Waals surface area contributed by atoms with E-state index >= 15 is 0 Å². The fourth-order valence-electron chi connectivity index (χ4n) is 2.16. The molecule has 0 spiro atoms. The number of alkyl halides is 9. The van der Waals surface area contributed by atoms with Crippen molar-refractivity contribution in [3.05, 3.63) is 76.9 Å². The zero-order valence-corrected chi connectivity index (χ0v) is 12.7. The third kappa shape index (κ3) is 4.39. The second-order valence-electron chi connectivity index (χ2n) is 5.35. The van der Waals surface area contributed by atoms with Gasteiger partial charge in [-0.15, -0.1) is 0 Å². The normalized spacial score (nSPS) is 13.0. The number of hydrogen-bond acceptors (Lipinski definition) is 0. The van der Waals surface area contributed by atoms with Gasteiger partial charge in [-0.1, -0.05) is 18.7 Å². The van der Waals surface area contributed by atoms with Crippen LogP contribution in [-0.2, 0) is 18.5 Å². The Labute approximate surface area is 141 Å². The molecule has 0 bridgehead atoms. The first-order valence-corrected chi connectivity index (χ1v) is 6.86. The number of hydrogen-bond donors (Lipinski definition) is 0. The maximum atomic E-state index is 12.9. The van der Waals surface area contributed by atoms with Gasteiger partial charge in [0.15, 0.2) is 0 Å². The van der Waals surface area contributed by atoms with Crippen molar-refractivity contribution in [2.75, 3.05) is 0 Å². The van der Waals surface area contributed by atoms with E-state index in [0.29, 0.717) is 24.3 Å². The quantitative estimate of drug-likeness (QED) is 0.500. The van der Waals surface area contributed by atoms with Crippen LogP contribution in [0.1, 0.15) is 27.8 Å². The molecule has 0 radical (unpaired) electrons. The van der Waals surface area contributed by atoms with Gasteiger partial charge < -0.3 is 0 Å². The maximum Gasteiger partial charge on any atom is 0.416 e. The Morgan fingerprint density at radius 1 is 0.538 bits per heavy atom. The highest BCUT2D eigenvalue weighted by atomic mass is 19.4. The average molecular weight is 384 g/mol. The molecule has 0 heterocycles. The Morgan fingerprint density at radius 2 is 0.923 bits per heavy atom. The van der Waals surface area contributed by atoms with Gasteiger partial charge in [-0.05, 0) is 47.0 Å². The van der Waals surface area contributed by atoms with E-state index in [1.54, 1.807) is 0 Å². The molecule has 0 nitrogen and oxygen atoms in total. The predicted octanol–water partition coefficient (Wildman–Crippen LogP) is 6.80. The van der Waals surface area contributed by atoms with Gasteiger partial charge in [0, 0.05) is 0 Å². The van der Waals surface area contributed by atoms with Crippen LogP contribution in [0, 0.1) is 0 Å². The van der Waals surface area contributed by atoms with Crippen LogP contribution in [-0.4, -0.2) is 0 Å². The van der Waals surface area contributed by atoms with Crippen molar-refractivity contribution in [1.29, 1.82) is 0 Å². The maximum absolute atomic E-state index is 12.9. The first-order valence-electron chi connectivity index (χ1n) is 6.86. The fraction of sp³-hybridized carbons (Fsp3) is 0.176. The SMILES string of the molecule is C=C(c1ccc(C(F)(F)F)cc1)c1cc(C(F)(F)F)cc(C(F)(F)F)c1. The van der Waals surface area contributed by atoms with E-state index in [1.807, 2.05) is 0 Å². The molecule has 0 saturated carbocycles. The van der Waals surface area contributed by atoms with Crippen molar-refractivity contribution in [3.8, 4) is 0 Å². The lowest BCUT2D eigenvalue weighted by atomic mass is 9.95. The Hall–Kier alpha value is -2.45. The molecule has 0 aliphatic carbocycles. The van der Waals surface area contributed by atoms with Gasteiger partial charge in [0.2, 0.25) is 0 Å². The van der Waals surface area contributed by atoms with E-state index < -0.39 is 40.8 Å². The summed E-state index contributed by atoms with van der Waals surface area (Å²) in [4.78, 5) is 0. The highest BCUT2D eigenvalue weighted by Crippen LogP contribution is 2.38. The summed E-state index contributed by atoms with van der Waals surface area (Å²) in [5, 5.41) is 0. The van der Waals surface area contributed by atoms with Crippen LogP contribution in [0.4, 0.5) is 39.5 Å². The summed E-state index contributed by atoms with van der Waals surface area (Å²) in [6, 6.07) is 4.09. The highest BCUT2D eigenvalue weighted by molar-refractivity contribution is 5.78. The van der Waals surface area contributed by atoms with E-state index in [-0.39, 0.29) is 17.2 Å². The molecular formula is C17H9F9. The van der Waals surface area contributed by atoms with Gasteiger partial charge >= 0.3 is 18.5 Å². The van der Waals surface area contributed by atoms with E-state index in [1.165, 1.54) is 0 Å². The molecule has 2 rings (SSSR count). The van der Waals surface area contributed by atoms with E-state index in [9.17, 15) is 39.5 Å². The monoisotopic (exact) mass is 384 g/mol. The minimum Gasteiger partial charge on any atom is -0.166 e. The van der Waals surface area contributed by atoms with Crippen LogP contribution < -0.4 is 0 Å². The van der Waals surface area contributed by atoms with Crippen LogP contribution >= 0.6 is 0 Å². The van der Waals surface area contributed by atoms with Crippen molar-refractivity contribution in [3.63, 3.8) is 0 Å².